The third kappa shape index (κ3) is 6.38. The van der Waals surface area contributed by atoms with Crippen LogP contribution in [-0.2, 0) is 16.1 Å². The molecular weight excluding hydrogens is 462 g/mol. The number of ketones is 1. The van der Waals surface area contributed by atoms with Gasteiger partial charge in [0.1, 0.15) is 17.2 Å². The molecule has 186 valence electrons. The highest BCUT2D eigenvalue weighted by atomic mass is 16.5. The van der Waals surface area contributed by atoms with E-state index in [4.69, 9.17) is 14.2 Å². The fourth-order valence-corrected chi connectivity index (χ4v) is 3.70. The Balaban J connectivity index is 1.33. The first-order chi connectivity index (χ1) is 17.5. The van der Waals surface area contributed by atoms with Crippen LogP contribution in [0.5, 0.6) is 17.2 Å². The summed E-state index contributed by atoms with van der Waals surface area (Å²) >= 11 is 0. The van der Waals surface area contributed by atoms with E-state index in [0.29, 0.717) is 48.0 Å². The molecule has 3 aromatic rings. The molecule has 0 fully saturated rings. The van der Waals surface area contributed by atoms with Crippen LogP contribution in [0.4, 0.5) is 5.69 Å². The topological polar surface area (TPSA) is 107 Å². The van der Waals surface area contributed by atoms with E-state index in [1.807, 2.05) is 18.2 Å². The van der Waals surface area contributed by atoms with Gasteiger partial charge in [0.2, 0.25) is 5.91 Å². The standard InChI is InChI=1S/C27H27N3O6/c1-34-21-8-10-22(11-9-21)35-17-24(31)19-7-12-25-23(15-19)30(27(33)18-36-25)14-4-6-26(32)29-16-20-5-2-3-13-28-20/h2-3,5,7-13,15H,4,6,14,16-18H2,1H3,(H,29,32). The molecule has 0 saturated heterocycles. The monoisotopic (exact) mass is 489 g/mol. The molecule has 0 saturated carbocycles. The lowest BCUT2D eigenvalue weighted by Crippen LogP contribution is -2.40. The number of amides is 2. The van der Waals surface area contributed by atoms with Gasteiger partial charge in [0.05, 0.1) is 25.0 Å². The molecule has 36 heavy (non-hydrogen) atoms. The number of rotatable bonds is 11. The maximum atomic E-state index is 12.8. The Morgan fingerprint density at radius 3 is 2.64 bits per heavy atom. The van der Waals surface area contributed by atoms with E-state index in [2.05, 4.69) is 10.3 Å². The second-order valence-electron chi connectivity index (χ2n) is 8.11. The summed E-state index contributed by atoms with van der Waals surface area (Å²) in [5.74, 6) is 1.17. The number of carbonyl (C=O) groups is 3. The number of hydrogen-bond donors (Lipinski definition) is 1. The summed E-state index contributed by atoms with van der Waals surface area (Å²) in [6.45, 7) is 0.429. The average Bonchev–Trinajstić information content (AvgIpc) is 2.92. The van der Waals surface area contributed by atoms with Gasteiger partial charge in [0.15, 0.2) is 19.0 Å². The number of ether oxygens (including phenoxy) is 3. The predicted molar refractivity (Wildman–Crippen MR) is 132 cm³/mol. The Hall–Kier alpha value is -4.40. The van der Waals surface area contributed by atoms with Crippen molar-refractivity contribution in [3.8, 4) is 17.2 Å². The molecule has 0 atom stereocenters. The molecule has 0 spiro atoms. The minimum absolute atomic E-state index is 0.0905. The number of hydrogen-bond acceptors (Lipinski definition) is 7. The van der Waals surface area contributed by atoms with E-state index in [1.54, 1.807) is 60.7 Å². The average molecular weight is 490 g/mol. The molecule has 2 heterocycles. The van der Waals surface area contributed by atoms with Crippen molar-refractivity contribution in [2.45, 2.75) is 19.4 Å². The number of carbonyl (C=O) groups excluding carboxylic acids is 3. The number of nitrogens with one attached hydrogen (secondary N) is 1. The van der Waals surface area contributed by atoms with Gasteiger partial charge < -0.3 is 24.4 Å². The highest BCUT2D eigenvalue weighted by Gasteiger charge is 2.26. The van der Waals surface area contributed by atoms with Crippen LogP contribution in [0.15, 0.2) is 66.9 Å². The van der Waals surface area contributed by atoms with Crippen LogP contribution in [-0.4, -0.2) is 49.4 Å². The Bertz CT molecular complexity index is 1210. The summed E-state index contributed by atoms with van der Waals surface area (Å²) in [4.78, 5) is 43.3. The quantitative estimate of drug-likeness (QED) is 0.412. The van der Waals surface area contributed by atoms with E-state index in [9.17, 15) is 14.4 Å². The van der Waals surface area contributed by atoms with Crippen LogP contribution in [0.25, 0.3) is 0 Å². The summed E-state index contributed by atoms with van der Waals surface area (Å²) in [7, 11) is 1.58. The first-order valence-corrected chi connectivity index (χ1v) is 11.6. The van der Waals surface area contributed by atoms with Gasteiger partial charge in [-0.3, -0.25) is 19.4 Å². The fraction of sp³-hybridized carbons (Fsp3) is 0.259. The van der Waals surface area contributed by atoms with Crippen molar-refractivity contribution in [2.75, 3.05) is 31.8 Å². The van der Waals surface area contributed by atoms with Crippen molar-refractivity contribution in [1.29, 1.82) is 0 Å². The number of anilines is 1. The zero-order chi connectivity index (χ0) is 25.3. The lowest BCUT2D eigenvalue weighted by Gasteiger charge is -2.29. The number of benzene rings is 2. The van der Waals surface area contributed by atoms with Crippen LogP contribution in [0, 0.1) is 0 Å². The highest BCUT2D eigenvalue weighted by molar-refractivity contribution is 6.02. The first-order valence-electron chi connectivity index (χ1n) is 11.6. The second-order valence-corrected chi connectivity index (χ2v) is 8.11. The Morgan fingerprint density at radius 1 is 1.08 bits per heavy atom. The lowest BCUT2D eigenvalue weighted by molar-refractivity contribution is -0.123. The van der Waals surface area contributed by atoms with E-state index in [0.717, 1.165) is 5.69 Å². The lowest BCUT2D eigenvalue weighted by atomic mass is 10.1. The first kappa shape index (κ1) is 24.7. The third-order valence-electron chi connectivity index (χ3n) is 5.63. The van der Waals surface area contributed by atoms with Crippen molar-refractivity contribution in [1.82, 2.24) is 10.3 Å². The van der Waals surface area contributed by atoms with Gasteiger partial charge in [-0.1, -0.05) is 6.07 Å². The van der Waals surface area contributed by atoms with Gasteiger partial charge in [-0.2, -0.15) is 0 Å². The fourth-order valence-electron chi connectivity index (χ4n) is 3.70. The van der Waals surface area contributed by atoms with Gasteiger partial charge in [0.25, 0.3) is 5.91 Å². The van der Waals surface area contributed by atoms with Crippen LogP contribution >= 0.6 is 0 Å². The van der Waals surface area contributed by atoms with Crippen molar-refractivity contribution in [2.24, 2.45) is 0 Å². The number of methoxy groups -OCH3 is 1. The molecule has 9 nitrogen and oxygen atoms in total. The van der Waals surface area contributed by atoms with Gasteiger partial charge in [-0.25, -0.2) is 0 Å². The van der Waals surface area contributed by atoms with E-state index >= 15 is 0 Å². The molecule has 0 aliphatic carbocycles. The SMILES string of the molecule is COc1ccc(OCC(=O)c2ccc3c(c2)N(CCCC(=O)NCc2ccccn2)C(=O)CO3)cc1. The normalized spacial score (nSPS) is 12.4. The van der Waals surface area contributed by atoms with Crippen molar-refractivity contribution < 1.29 is 28.6 Å². The van der Waals surface area contributed by atoms with Crippen molar-refractivity contribution in [3.05, 3.63) is 78.1 Å². The largest absolute Gasteiger partial charge is 0.497 e. The zero-order valence-electron chi connectivity index (χ0n) is 19.9. The molecular formula is C27H27N3O6. The molecule has 0 unspecified atom stereocenters. The van der Waals surface area contributed by atoms with Gasteiger partial charge in [0, 0.05) is 24.7 Å². The number of nitrogens with zero attached hydrogens (tertiary/aromatic N) is 2. The summed E-state index contributed by atoms with van der Waals surface area (Å²) < 4.78 is 16.2. The van der Waals surface area contributed by atoms with E-state index in [-0.39, 0.29) is 37.2 Å². The summed E-state index contributed by atoms with van der Waals surface area (Å²) in [5.41, 5.74) is 1.69. The molecule has 9 heteroatoms. The smallest absolute Gasteiger partial charge is 0.265 e. The summed E-state index contributed by atoms with van der Waals surface area (Å²) in [6.07, 6.45) is 2.38. The van der Waals surface area contributed by atoms with E-state index in [1.165, 1.54) is 0 Å². The number of fused-ring (bicyclic) bond motifs is 1. The maximum Gasteiger partial charge on any atom is 0.265 e. The minimum Gasteiger partial charge on any atom is -0.497 e. The molecule has 0 bridgehead atoms. The van der Waals surface area contributed by atoms with Crippen LogP contribution in [0.2, 0.25) is 0 Å². The number of aromatic nitrogens is 1. The third-order valence-corrected chi connectivity index (χ3v) is 5.63. The molecule has 2 aromatic carbocycles. The zero-order valence-corrected chi connectivity index (χ0v) is 19.9. The van der Waals surface area contributed by atoms with Crippen LogP contribution < -0.4 is 24.4 Å². The summed E-state index contributed by atoms with van der Waals surface area (Å²) in [5, 5.41) is 2.83. The Labute approximate surface area is 209 Å². The van der Waals surface area contributed by atoms with E-state index < -0.39 is 0 Å². The Morgan fingerprint density at radius 2 is 1.89 bits per heavy atom. The van der Waals surface area contributed by atoms with Crippen LogP contribution in [0.3, 0.4) is 0 Å². The van der Waals surface area contributed by atoms with Crippen molar-refractivity contribution >= 4 is 23.3 Å². The number of pyridine rings is 1. The van der Waals surface area contributed by atoms with Gasteiger partial charge in [-0.15, -0.1) is 0 Å². The molecule has 0 radical (unpaired) electrons. The molecule has 1 N–H and O–H groups in total. The van der Waals surface area contributed by atoms with Crippen molar-refractivity contribution in [3.63, 3.8) is 0 Å². The Kier molecular flexibility index (Phi) is 8.12. The second kappa shape index (κ2) is 11.8. The predicted octanol–water partition coefficient (Wildman–Crippen LogP) is 3.17. The molecule has 1 aliphatic rings. The molecule has 1 aliphatic heterocycles. The maximum absolute atomic E-state index is 12.8. The van der Waals surface area contributed by atoms with Gasteiger partial charge >= 0.3 is 0 Å². The summed E-state index contributed by atoms with van der Waals surface area (Å²) in [6, 6.07) is 17.4. The molecule has 4 rings (SSSR count). The molecule has 2 amide bonds. The molecule has 1 aromatic heterocycles. The van der Waals surface area contributed by atoms with Crippen LogP contribution in [0.1, 0.15) is 28.9 Å². The highest BCUT2D eigenvalue weighted by Crippen LogP contribution is 2.33. The minimum atomic E-state index is -0.236. The number of Topliss-reactive ketones (excluding diaryl/α,β-unsaturated/α-hetero) is 1. The van der Waals surface area contributed by atoms with Gasteiger partial charge in [-0.05, 0) is 61.0 Å².